The molecule has 1 saturated carbocycles. The van der Waals surface area contributed by atoms with Crippen LogP contribution in [-0.2, 0) is 27.2 Å². The Labute approximate surface area is 214 Å². The number of pyridine rings is 1. The van der Waals surface area contributed by atoms with Crippen molar-refractivity contribution in [1.29, 1.82) is 0 Å². The van der Waals surface area contributed by atoms with Crippen molar-refractivity contribution in [3.63, 3.8) is 0 Å². The van der Waals surface area contributed by atoms with Crippen LogP contribution < -0.4 is 15.1 Å². The first-order valence-corrected chi connectivity index (χ1v) is 12.5. The molecule has 1 aliphatic heterocycles. The summed E-state index contributed by atoms with van der Waals surface area (Å²) in [4.78, 5) is 31.3. The zero-order chi connectivity index (χ0) is 26.0. The molecular formula is C28H30FN3O5. The Balaban J connectivity index is 1.27. The number of ether oxygens (including phenoxy) is 2. The highest BCUT2D eigenvalue weighted by molar-refractivity contribution is 5.93. The zero-order valence-corrected chi connectivity index (χ0v) is 20.7. The second-order valence-electron chi connectivity index (χ2n) is 9.77. The van der Waals surface area contributed by atoms with Crippen LogP contribution in [0, 0.1) is 17.2 Å². The molecule has 3 aromatic rings. The number of fused-ring (bicyclic) bond motifs is 1. The number of methoxy groups -OCH3 is 1. The molecule has 1 aromatic heterocycles. The molecule has 2 aromatic carbocycles. The van der Waals surface area contributed by atoms with Crippen LogP contribution in [0.5, 0.6) is 5.75 Å². The highest BCUT2D eigenvalue weighted by Gasteiger charge is 2.64. The van der Waals surface area contributed by atoms with Crippen LogP contribution in [0.25, 0.3) is 10.9 Å². The van der Waals surface area contributed by atoms with Crippen molar-refractivity contribution >= 4 is 28.6 Å². The fraction of sp³-hybridized carbons (Fsp3) is 0.393. The van der Waals surface area contributed by atoms with E-state index in [1.807, 2.05) is 24.3 Å². The number of hydroxylamine groups is 1. The van der Waals surface area contributed by atoms with Crippen LogP contribution >= 0.6 is 0 Å². The van der Waals surface area contributed by atoms with E-state index in [1.54, 1.807) is 17.6 Å². The molecule has 1 unspecified atom stereocenters. The molecule has 0 radical (unpaired) electrons. The SMILES string of the molecule is COC(=O)[C@]1(Cc2ccc(OCCc3cc(N4CCCC4)nc4ccccc34)c(F)c2)CC1C(=O)NO. The smallest absolute Gasteiger partial charge is 0.312 e. The number of esters is 1. The predicted molar refractivity (Wildman–Crippen MR) is 135 cm³/mol. The molecular weight excluding hydrogens is 477 g/mol. The number of hydrogen-bond donors (Lipinski definition) is 2. The van der Waals surface area contributed by atoms with E-state index in [9.17, 15) is 14.0 Å². The van der Waals surface area contributed by atoms with Gasteiger partial charge in [0.1, 0.15) is 5.82 Å². The third-order valence-electron chi connectivity index (χ3n) is 7.46. The summed E-state index contributed by atoms with van der Waals surface area (Å²) < 4.78 is 25.6. The summed E-state index contributed by atoms with van der Waals surface area (Å²) in [5, 5.41) is 10.00. The molecule has 1 amide bonds. The Morgan fingerprint density at radius 1 is 1.19 bits per heavy atom. The lowest BCUT2D eigenvalue weighted by molar-refractivity contribution is -0.149. The number of nitrogens with zero attached hydrogens (tertiary/aromatic N) is 2. The largest absolute Gasteiger partial charge is 0.490 e. The fourth-order valence-corrected chi connectivity index (χ4v) is 5.38. The van der Waals surface area contributed by atoms with Crippen molar-refractivity contribution in [3.05, 3.63) is 65.5 Å². The average molecular weight is 508 g/mol. The van der Waals surface area contributed by atoms with Gasteiger partial charge in [-0.15, -0.1) is 0 Å². The number of para-hydroxylation sites is 1. The third-order valence-corrected chi connectivity index (χ3v) is 7.46. The molecule has 2 heterocycles. The number of nitrogens with one attached hydrogen (secondary N) is 1. The number of benzene rings is 2. The highest BCUT2D eigenvalue weighted by Crippen LogP contribution is 2.55. The van der Waals surface area contributed by atoms with Crippen molar-refractivity contribution in [2.75, 3.05) is 31.7 Å². The summed E-state index contributed by atoms with van der Waals surface area (Å²) >= 11 is 0. The molecule has 0 spiro atoms. The van der Waals surface area contributed by atoms with Gasteiger partial charge >= 0.3 is 5.97 Å². The number of aromatic nitrogens is 1. The molecule has 5 rings (SSSR count). The van der Waals surface area contributed by atoms with E-state index in [2.05, 4.69) is 11.0 Å². The quantitative estimate of drug-likeness (QED) is 0.258. The summed E-state index contributed by atoms with van der Waals surface area (Å²) in [6, 6.07) is 14.7. The van der Waals surface area contributed by atoms with Crippen molar-refractivity contribution in [3.8, 4) is 5.75 Å². The van der Waals surface area contributed by atoms with Gasteiger partial charge in [0.25, 0.3) is 0 Å². The van der Waals surface area contributed by atoms with Crippen LogP contribution in [0.4, 0.5) is 10.2 Å². The second-order valence-corrected chi connectivity index (χ2v) is 9.77. The molecule has 8 nitrogen and oxygen atoms in total. The summed E-state index contributed by atoms with van der Waals surface area (Å²) in [6.45, 7) is 2.29. The maximum atomic E-state index is 14.9. The van der Waals surface area contributed by atoms with Gasteiger partial charge in [0.15, 0.2) is 11.6 Å². The van der Waals surface area contributed by atoms with Crippen molar-refractivity contribution in [1.82, 2.24) is 10.5 Å². The minimum atomic E-state index is -1.11. The van der Waals surface area contributed by atoms with Crippen LogP contribution in [0.2, 0.25) is 0 Å². The van der Waals surface area contributed by atoms with E-state index in [0.717, 1.165) is 48.2 Å². The molecule has 1 saturated heterocycles. The van der Waals surface area contributed by atoms with E-state index >= 15 is 0 Å². The Morgan fingerprint density at radius 3 is 2.70 bits per heavy atom. The van der Waals surface area contributed by atoms with Gasteiger partial charge in [0.05, 0.1) is 30.6 Å². The molecule has 37 heavy (non-hydrogen) atoms. The standard InChI is InChI=1S/C28H30FN3O5/c1-36-27(34)28(17-21(28)26(33)31-35)16-18-8-9-24(22(29)14-18)37-13-10-19-15-25(32-11-4-5-12-32)30-23-7-3-2-6-20(19)23/h2-3,6-9,14-15,21,35H,4-5,10-13,16-17H2,1H3,(H,31,33)/t21?,28-/m1/s1. The van der Waals surface area contributed by atoms with Gasteiger partial charge in [-0.3, -0.25) is 14.8 Å². The molecule has 1 aliphatic carbocycles. The summed E-state index contributed by atoms with van der Waals surface area (Å²) in [5.74, 6) is -1.38. The van der Waals surface area contributed by atoms with Gasteiger partial charge < -0.3 is 14.4 Å². The lowest BCUT2D eigenvalue weighted by atomic mass is 9.93. The number of carbonyl (C=O) groups is 2. The highest BCUT2D eigenvalue weighted by atomic mass is 19.1. The lowest BCUT2D eigenvalue weighted by Gasteiger charge is -2.19. The van der Waals surface area contributed by atoms with E-state index in [1.165, 1.54) is 13.2 Å². The second kappa shape index (κ2) is 10.3. The number of hydrogen-bond acceptors (Lipinski definition) is 7. The first-order chi connectivity index (χ1) is 17.9. The van der Waals surface area contributed by atoms with Gasteiger partial charge in [0.2, 0.25) is 5.91 Å². The van der Waals surface area contributed by atoms with Crippen LogP contribution in [-0.4, -0.2) is 48.9 Å². The minimum Gasteiger partial charge on any atom is -0.490 e. The Morgan fingerprint density at radius 2 is 1.97 bits per heavy atom. The number of carbonyl (C=O) groups excluding carboxylic acids is 2. The van der Waals surface area contributed by atoms with Gasteiger partial charge in [-0.25, -0.2) is 14.9 Å². The van der Waals surface area contributed by atoms with Crippen molar-refractivity contribution in [2.24, 2.45) is 11.3 Å². The number of anilines is 1. The Kier molecular flexibility index (Phi) is 6.97. The lowest BCUT2D eigenvalue weighted by Crippen LogP contribution is -2.30. The maximum absolute atomic E-state index is 14.9. The maximum Gasteiger partial charge on any atom is 0.312 e. The van der Waals surface area contributed by atoms with E-state index < -0.39 is 29.0 Å². The first kappa shape index (κ1) is 25.0. The van der Waals surface area contributed by atoms with Gasteiger partial charge in [-0.1, -0.05) is 24.3 Å². The summed E-state index contributed by atoms with van der Waals surface area (Å²) in [6.07, 6.45) is 3.27. The van der Waals surface area contributed by atoms with E-state index in [0.29, 0.717) is 12.0 Å². The Hall–Kier alpha value is -3.72. The molecule has 9 heteroatoms. The van der Waals surface area contributed by atoms with Crippen LogP contribution in [0.3, 0.4) is 0 Å². The monoisotopic (exact) mass is 507 g/mol. The molecule has 194 valence electrons. The van der Waals surface area contributed by atoms with Gasteiger partial charge in [-0.05, 0) is 61.1 Å². The molecule has 2 fully saturated rings. The molecule has 2 N–H and O–H groups in total. The molecule has 2 aliphatic rings. The minimum absolute atomic E-state index is 0.120. The zero-order valence-electron chi connectivity index (χ0n) is 20.7. The van der Waals surface area contributed by atoms with Gasteiger partial charge in [0, 0.05) is 24.9 Å². The summed E-state index contributed by atoms with van der Waals surface area (Å²) in [5.41, 5.74) is 3.06. The third kappa shape index (κ3) is 4.96. The fourth-order valence-electron chi connectivity index (χ4n) is 5.38. The predicted octanol–water partition coefficient (Wildman–Crippen LogP) is 3.82. The topological polar surface area (TPSA) is 101 Å². The average Bonchev–Trinajstić information content (AvgIpc) is 3.37. The normalized spacial score (nSPS) is 20.6. The van der Waals surface area contributed by atoms with Gasteiger partial charge in [-0.2, -0.15) is 0 Å². The first-order valence-electron chi connectivity index (χ1n) is 12.5. The number of rotatable bonds is 9. The van der Waals surface area contributed by atoms with E-state index in [4.69, 9.17) is 19.7 Å². The van der Waals surface area contributed by atoms with Crippen LogP contribution in [0.15, 0.2) is 48.5 Å². The molecule has 2 atom stereocenters. The Bertz CT molecular complexity index is 1330. The van der Waals surface area contributed by atoms with Crippen LogP contribution in [0.1, 0.15) is 30.4 Å². The summed E-state index contributed by atoms with van der Waals surface area (Å²) in [7, 11) is 1.24. The van der Waals surface area contributed by atoms with Crippen molar-refractivity contribution in [2.45, 2.75) is 32.1 Å². The number of halogens is 1. The molecule has 0 bridgehead atoms. The number of amides is 1. The van der Waals surface area contributed by atoms with Crippen molar-refractivity contribution < 1.29 is 28.7 Å². The van der Waals surface area contributed by atoms with E-state index in [-0.39, 0.29) is 25.2 Å².